The molecule has 2 aromatic rings. The zero-order chi connectivity index (χ0) is 20.3. The molecule has 0 saturated heterocycles. The van der Waals surface area contributed by atoms with E-state index in [1.807, 2.05) is 13.0 Å². The lowest BCUT2D eigenvalue weighted by molar-refractivity contribution is -0.118. The molecule has 150 valence electrons. The van der Waals surface area contributed by atoms with Gasteiger partial charge in [0.2, 0.25) is 0 Å². The van der Waals surface area contributed by atoms with Crippen LogP contribution in [0.1, 0.15) is 37.3 Å². The molecule has 0 aromatic heterocycles. The number of aryl methyl sites for hydroxylation is 1. The summed E-state index contributed by atoms with van der Waals surface area (Å²) in [6.07, 6.45) is 3.98. The van der Waals surface area contributed by atoms with Crippen molar-refractivity contribution in [3.05, 3.63) is 64.1 Å². The molecule has 0 radical (unpaired) electrons. The molecule has 2 aromatic carbocycles. The molecule has 0 aliphatic heterocycles. The first-order valence-electron chi connectivity index (χ1n) is 10.2. The van der Waals surface area contributed by atoms with E-state index in [9.17, 15) is 14.3 Å². The Bertz CT molecular complexity index is 1040. The highest BCUT2D eigenvalue weighted by Crippen LogP contribution is 2.60. The Morgan fingerprint density at radius 3 is 2.48 bits per heavy atom. The molecular formula is C24H22ClFO3. The number of carbonyl (C=O) groups excluding carboxylic acids is 1. The van der Waals surface area contributed by atoms with E-state index in [1.54, 1.807) is 18.2 Å². The molecule has 0 heterocycles. The number of hydrogen-bond donors (Lipinski definition) is 1. The average molecular weight is 413 g/mol. The molecule has 2 saturated carbocycles. The van der Waals surface area contributed by atoms with Gasteiger partial charge in [0.15, 0.2) is 5.78 Å². The molecule has 0 unspecified atom stereocenters. The molecule has 5 rings (SSSR count). The number of halogens is 2. The van der Waals surface area contributed by atoms with Crippen LogP contribution in [0, 0.1) is 29.5 Å². The normalized spacial score (nSPS) is 27.6. The maximum atomic E-state index is 13.7. The lowest BCUT2D eigenvalue weighted by atomic mass is 9.80. The molecule has 3 nitrogen and oxygen atoms in total. The lowest BCUT2D eigenvalue weighted by Gasteiger charge is -2.23. The van der Waals surface area contributed by atoms with Gasteiger partial charge < -0.3 is 9.84 Å². The van der Waals surface area contributed by atoms with Crippen LogP contribution < -0.4 is 4.74 Å². The third-order valence-electron chi connectivity index (χ3n) is 6.90. The smallest absolute Gasteiger partial charge is 0.170 e. The van der Waals surface area contributed by atoms with Crippen molar-refractivity contribution in [3.63, 3.8) is 0 Å². The predicted molar refractivity (Wildman–Crippen MR) is 110 cm³/mol. The van der Waals surface area contributed by atoms with Crippen molar-refractivity contribution in [2.24, 2.45) is 23.7 Å². The molecule has 29 heavy (non-hydrogen) atoms. The van der Waals surface area contributed by atoms with Gasteiger partial charge in [-0.1, -0.05) is 24.6 Å². The Kier molecular flexibility index (Phi) is 4.43. The predicted octanol–water partition coefficient (Wildman–Crippen LogP) is 6.35. The number of aliphatic hydroxyl groups excluding tert-OH is 1. The first-order chi connectivity index (χ1) is 14.0. The molecule has 1 N–H and O–H groups in total. The minimum absolute atomic E-state index is 0.0177. The third-order valence-corrected chi connectivity index (χ3v) is 7.20. The number of ether oxygens (including phenoxy) is 1. The van der Waals surface area contributed by atoms with Crippen LogP contribution in [-0.2, 0) is 11.2 Å². The summed E-state index contributed by atoms with van der Waals surface area (Å²) in [5.41, 5.74) is 2.18. The van der Waals surface area contributed by atoms with E-state index in [0.29, 0.717) is 28.9 Å². The number of fused-ring (bicyclic) bond motifs is 5. The summed E-state index contributed by atoms with van der Waals surface area (Å²) in [6.45, 7) is 2.02. The van der Waals surface area contributed by atoms with Crippen molar-refractivity contribution in [2.45, 2.75) is 32.6 Å². The summed E-state index contributed by atoms with van der Waals surface area (Å²) in [5, 5.41) is 11.1. The minimum Gasteiger partial charge on any atom is -0.511 e. The second-order valence-corrected chi connectivity index (χ2v) is 8.77. The quantitative estimate of drug-likeness (QED) is 0.636. The van der Waals surface area contributed by atoms with Crippen LogP contribution in [0.15, 0.2) is 42.2 Å². The molecule has 0 amide bonds. The first-order valence-corrected chi connectivity index (χ1v) is 10.6. The van der Waals surface area contributed by atoms with Gasteiger partial charge in [0, 0.05) is 17.9 Å². The van der Waals surface area contributed by atoms with E-state index < -0.39 is 5.82 Å². The lowest BCUT2D eigenvalue weighted by Crippen LogP contribution is -2.24. The zero-order valence-electron chi connectivity index (χ0n) is 16.1. The Morgan fingerprint density at radius 2 is 1.79 bits per heavy atom. The number of hydrogen-bond acceptors (Lipinski definition) is 3. The topological polar surface area (TPSA) is 46.5 Å². The van der Waals surface area contributed by atoms with Gasteiger partial charge >= 0.3 is 0 Å². The molecular weight excluding hydrogens is 391 g/mol. The van der Waals surface area contributed by atoms with Crippen LogP contribution in [-0.4, -0.2) is 10.9 Å². The Morgan fingerprint density at radius 1 is 1.10 bits per heavy atom. The zero-order valence-corrected chi connectivity index (χ0v) is 16.9. The fourth-order valence-corrected chi connectivity index (χ4v) is 5.75. The van der Waals surface area contributed by atoms with E-state index >= 15 is 0 Å². The van der Waals surface area contributed by atoms with E-state index in [-0.39, 0.29) is 28.4 Å². The van der Waals surface area contributed by atoms with Crippen LogP contribution in [0.4, 0.5) is 4.39 Å². The molecule has 2 bridgehead atoms. The van der Waals surface area contributed by atoms with E-state index in [2.05, 4.69) is 0 Å². The molecule has 3 aliphatic carbocycles. The van der Waals surface area contributed by atoms with E-state index in [0.717, 1.165) is 36.8 Å². The number of aliphatic hydroxyl groups is 1. The number of ketones is 1. The van der Waals surface area contributed by atoms with Gasteiger partial charge in [0.1, 0.15) is 23.1 Å². The standard InChI is InChI=1S/C24H22ClFO3/c1-2-12-5-6-15(29-16-7-8-18(25)19(26)11-16)10-17(12)22-23(27)20-13-3-4-14(9-13)21(20)24(22)28/h5-8,10-11,13-14,20-21,27H,2-4,9H2,1H3/t13-,14+,20-,21+/m0/s1. The number of carbonyl (C=O) groups is 1. The highest BCUT2D eigenvalue weighted by atomic mass is 35.5. The second kappa shape index (κ2) is 6.88. The Labute approximate surface area is 174 Å². The Balaban J connectivity index is 1.53. The van der Waals surface area contributed by atoms with Gasteiger partial charge in [-0.3, -0.25) is 4.79 Å². The van der Waals surface area contributed by atoms with Crippen molar-refractivity contribution in [1.29, 1.82) is 0 Å². The second-order valence-electron chi connectivity index (χ2n) is 8.36. The number of Topliss-reactive ketones (excluding diaryl/α,β-unsaturated/α-hetero) is 1. The maximum absolute atomic E-state index is 13.7. The van der Waals surface area contributed by atoms with Gasteiger partial charge in [-0.15, -0.1) is 0 Å². The highest BCUT2D eigenvalue weighted by Gasteiger charge is 2.57. The van der Waals surface area contributed by atoms with Crippen LogP contribution in [0.3, 0.4) is 0 Å². The SMILES string of the molecule is CCc1ccc(Oc2ccc(Cl)c(F)c2)cc1C1=C(O)[C@H]2[C@H]3CC[C@H](C3)[C@H]2C1=O. The first kappa shape index (κ1) is 18.7. The van der Waals surface area contributed by atoms with Gasteiger partial charge in [-0.2, -0.15) is 0 Å². The molecule has 0 spiro atoms. The van der Waals surface area contributed by atoms with E-state index in [1.165, 1.54) is 12.1 Å². The van der Waals surface area contributed by atoms with Crippen LogP contribution in [0.2, 0.25) is 5.02 Å². The van der Waals surface area contributed by atoms with Crippen LogP contribution in [0.25, 0.3) is 5.57 Å². The summed E-state index contributed by atoms with van der Waals surface area (Å²) in [6, 6.07) is 9.77. The van der Waals surface area contributed by atoms with Crippen molar-refractivity contribution in [1.82, 2.24) is 0 Å². The number of rotatable bonds is 4. The van der Waals surface area contributed by atoms with Gasteiger partial charge in [0.05, 0.1) is 10.6 Å². The van der Waals surface area contributed by atoms with E-state index in [4.69, 9.17) is 16.3 Å². The summed E-state index contributed by atoms with van der Waals surface area (Å²) in [4.78, 5) is 13.3. The number of allylic oxidation sites excluding steroid dienone is 2. The maximum Gasteiger partial charge on any atom is 0.170 e. The van der Waals surface area contributed by atoms with Crippen molar-refractivity contribution >= 4 is 23.0 Å². The summed E-state index contributed by atoms with van der Waals surface area (Å²) in [7, 11) is 0. The Hall–Kier alpha value is -2.33. The van der Waals surface area contributed by atoms with Crippen molar-refractivity contribution in [3.8, 4) is 11.5 Å². The van der Waals surface area contributed by atoms with Crippen molar-refractivity contribution in [2.75, 3.05) is 0 Å². The number of benzene rings is 2. The average Bonchev–Trinajstić information content (AvgIpc) is 3.39. The summed E-state index contributed by atoms with van der Waals surface area (Å²) >= 11 is 5.74. The van der Waals surface area contributed by atoms with Gasteiger partial charge in [0.25, 0.3) is 0 Å². The third kappa shape index (κ3) is 2.88. The van der Waals surface area contributed by atoms with Gasteiger partial charge in [-0.05, 0) is 72.9 Å². The fraction of sp³-hybridized carbons (Fsp3) is 0.375. The fourth-order valence-electron chi connectivity index (χ4n) is 5.63. The summed E-state index contributed by atoms with van der Waals surface area (Å²) < 4.78 is 19.6. The molecule has 2 fully saturated rings. The molecule has 4 atom stereocenters. The van der Waals surface area contributed by atoms with Gasteiger partial charge in [-0.25, -0.2) is 4.39 Å². The molecule has 3 aliphatic rings. The van der Waals surface area contributed by atoms with Crippen LogP contribution in [0.5, 0.6) is 11.5 Å². The largest absolute Gasteiger partial charge is 0.511 e. The van der Waals surface area contributed by atoms with Crippen molar-refractivity contribution < 1.29 is 19.0 Å². The molecule has 5 heteroatoms. The van der Waals surface area contributed by atoms with Crippen LogP contribution >= 0.6 is 11.6 Å². The summed E-state index contributed by atoms with van der Waals surface area (Å²) in [5.74, 6) is 1.34. The monoisotopic (exact) mass is 412 g/mol. The minimum atomic E-state index is -0.552. The highest BCUT2D eigenvalue weighted by molar-refractivity contribution is 6.30.